The predicted octanol–water partition coefficient (Wildman–Crippen LogP) is 0.402. The van der Waals surface area contributed by atoms with E-state index in [-0.39, 0.29) is 25.3 Å². The van der Waals surface area contributed by atoms with Crippen molar-refractivity contribution in [3.05, 3.63) is 42.2 Å². The minimum atomic E-state index is -4.05. The van der Waals surface area contributed by atoms with Crippen LogP contribution in [-0.2, 0) is 10.0 Å². The van der Waals surface area contributed by atoms with Crippen molar-refractivity contribution in [2.75, 3.05) is 19.7 Å². The third-order valence-electron chi connectivity index (χ3n) is 2.52. The van der Waals surface area contributed by atoms with E-state index < -0.39 is 26.6 Å². The summed E-state index contributed by atoms with van der Waals surface area (Å²) in [6.45, 7) is 3.48. The number of carbonyl (C=O) groups excluding carboxylic acids is 1. The van der Waals surface area contributed by atoms with Gasteiger partial charge in [0.15, 0.2) is 0 Å². The number of sulfonamides is 1. The fraction of sp³-hybridized carbons (Fsp3) is 0.308. The summed E-state index contributed by atoms with van der Waals surface area (Å²) in [5.74, 6) is -1.48. The van der Waals surface area contributed by atoms with Crippen LogP contribution in [-0.4, -0.2) is 39.1 Å². The van der Waals surface area contributed by atoms with E-state index in [1.54, 1.807) is 0 Å². The van der Waals surface area contributed by atoms with Gasteiger partial charge in [-0.05, 0) is 24.6 Å². The maximum atomic E-state index is 13.7. The number of hydrogen-bond donors (Lipinski definition) is 3. The van der Waals surface area contributed by atoms with Crippen molar-refractivity contribution in [2.24, 2.45) is 0 Å². The van der Waals surface area contributed by atoms with E-state index in [1.807, 2.05) is 0 Å². The molecule has 0 aliphatic rings. The van der Waals surface area contributed by atoms with E-state index in [4.69, 9.17) is 5.11 Å². The molecule has 0 aromatic heterocycles. The van der Waals surface area contributed by atoms with Gasteiger partial charge in [-0.15, -0.1) is 6.58 Å². The van der Waals surface area contributed by atoms with Gasteiger partial charge in [0.1, 0.15) is 10.7 Å². The van der Waals surface area contributed by atoms with E-state index in [2.05, 4.69) is 16.6 Å². The summed E-state index contributed by atoms with van der Waals surface area (Å²) in [5.41, 5.74) is 0.0216. The topological polar surface area (TPSA) is 95.5 Å². The number of carbonyl (C=O) groups is 1. The first-order valence-corrected chi connectivity index (χ1v) is 7.70. The molecular weight excluding hydrogens is 299 g/mol. The van der Waals surface area contributed by atoms with Crippen molar-refractivity contribution >= 4 is 15.9 Å². The molecule has 0 aliphatic carbocycles. The molecule has 1 rings (SSSR count). The lowest BCUT2D eigenvalue weighted by Crippen LogP contribution is -2.27. The van der Waals surface area contributed by atoms with Crippen molar-refractivity contribution in [3.8, 4) is 0 Å². The normalized spacial score (nSPS) is 11.1. The maximum Gasteiger partial charge on any atom is 0.251 e. The Kier molecular flexibility index (Phi) is 6.47. The average Bonchev–Trinajstić information content (AvgIpc) is 2.45. The molecule has 116 valence electrons. The second kappa shape index (κ2) is 7.87. The number of benzene rings is 1. The molecule has 0 atom stereocenters. The van der Waals surface area contributed by atoms with Gasteiger partial charge in [0.2, 0.25) is 10.0 Å². The van der Waals surface area contributed by atoms with Crippen LogP contribution in [0.1, 0.15) is 16.8 Å². The summed E-state index contributed by atoms with van der Waals surface area (Å²) in [5, 5.41) is 11.1. The minimum Gasteiger partial charge on any atom is -0.396 e. The quantitative estimate of drug-likeness (QED) is 0.478. The lowest BCUT2D eigenvalue weighted by Gasteiger charge is -2.09. The van der Waals surface area contributed by atoms with E-state index in [1.165, 1.54) is 12.1 Å². The zero-order valence-electron chi connectivity index (χ0n) is 11.3. The summed E-state index contributed by atoms with van der Waals surface area (Å²) in [7, 11) is -4.05. The zero-order chi connectivity index (χ0) is 15.9. The van der Waals surface area contributed by atoms with Crippen molar-refractivity contribution in [2.45, 2.75) is 11.3 Å². The summed E-state index contributed by atoms with van der Waals surface area (Å²) in [6, 6.07) is 3.08. The Morgan fingerprint density at radius 2 is 2.14 bits per heavy atom. The smallest absolute Gasteiger partial charge is 0.251 e. The molecule has 0 bridgehead atoms. The van der Waals surface area contributed by atoms with Crippen molar-refractivity contribution in [3.63, 3.8) is 0 Å². The maximum absolute atomic E-state index is 13.7. The number of hydrogen-bond acceptors (Lipinski definition) is 4. The highest BCUT2D eigenvalue weighted by molar-refractivity contribution is 7.89. The van der Waals surface area contributed by atoms with Crippen LogP contribution in [0.4, 0.5) is 4.39 Å². The van der Waals surface area contributed by atoms with Gasteiger partial charge in [0.05, 0.1) is 0 Å². The molecule has 1 amide bonds. The van der Waals surface area contributed by atoms with E-state index in [0.717, 1.165) is 12.1 Å². The number of amides is 1. The largest absolute Gasteiger partial charge is 0.396 e. The third-order valence-corrected chi connectivity index (χ3v) is 3.96. The Morgan fingerprint density at radius 3 is 2.76 bits per heavy atom. The Morgan fingerprint density at radius 1 is 1.43 bits per heavy atom. The first-order chi connectivity index (χ1) is 9.92. The van der Waals surface area contributed by atoms with Crippen LogP contribution in [0.25, 0.3) is 0 Å². The molecule has 6 nitrogen and oxygen atoms in total. The molecule has 0 heterocycles. The van der Waals surface area contributed by atoms with Gasteiger partial charge < -0.3 is 10.4 Å². The number of aliphatic hydroxyl groups is 1. The Labute approximate surface area is 122 Å². The molecule has 8 heteroatoms. The number of rotatable bonds is 8. The molecule has 1 aromatic carbocycles. The van der Waals surface area contributed by atoms with Gasteiger partial charge in [-0.1, -0.05) is 6.08 Å². The van der Waals surface area contributed by atoms with Crippen LogP contribution >= 0.6 is 0 Å². The fourth-order valence-corrected chi connectivity index (χ4v) is 2.58. The average molecular weight is 316 g/mol. The van der Waals surface area contributed by atoms with Crippen LogP contribution in [0.15, 0.2) is 35.7 Å². The van der Waals surface area contributed by atoms with Crippen molar-refractivity contribution in [1.82, 2.24) is 10.0 Å². The van der Waals surface area contributed by atoms with Crippen LogP contribution in [0.5, 0.6) is 0 Å². The Balaban J connectivity index is 2.99. The lowest BCUT2D eigenvalue weighted by atomic mass is 10.2. The van der Waals surface area contributed by atoms with Crippen LogP contribution < -0.4 is 10.0 Å². The molecule has 0 unspecified atom stereocenters. The summed E-state index contributed by atoms with van der Waals surface area (Å²) in [4.78, 5) is 11.2. The molecule has 0 fully saturated rings. The molecule has 0 radical (unpaired) electrons. The van der Waals surface area contributed by atoms with Crippen LogP contribution in [0, 0.1) is 5.82 Å². The summed E-state index contributed by atoms with van der Waals surface area (Å²) >= 11 is 0. The second-order valence-electron chi connectivity index (χ2n) is 4.12. The standard InChI is InChI=1S/C13H17FN2O4S/c1-2-6-16-21(19,20)12-9-10(4-5-11(12)14)13(18)15-7-3-8-17/h2,4-5,9,16-17H,1,3,6-8H2,(H,15,18). The van der Waals surface area contributed by atoms with Gasteiger partial charge in [0, 0.05) is 25.3 Å². The van der Waals surface area contributed by atoms with Gasteiger partial charge in [-0.3, -0.25) is 4.79 Å². The third kappa shape index (κ3) is 4.92. The van der Waals surface area contributed by atoms with Crippen LogP contribution in [0.3, 0.4) is 0 Å². The summed E-state index contributed by atoms with van der Waals surface area (Å²) in [6.07, 6.45) is 1.69. The molecule has 0 spiro atoms. The molecule has 3 N–H and O–H groups in total. The molecule has 1 aromatic rings. The Hall–Kier alpha value is -1.77. The van der Waals surface area contributed by atoms with Gasteiger partial charge in [0.25, 0.3) is 5.91 Å². The van der Waals surface area contributed by atoms with E-state index >= 15 is 0 Å². The predicted molar refractivity (Wildman–Crippen MR) is 75.8 cm³/mol. The molecule has 21 heavy (non-hydrogen) atoms. The number of nitrogens with one attached hydrogen (secondary N) is 2. The second-order valence-corrected chi connectivity index (χ2v) is 5.85. The minimum absolute atomic E-state index is 0.0216. The first-order valence-electron chi connectivity index (χ1n) is 6.21. The van der Waals surface area contributed by atoms with Crippen molar-refractivity contribution < 1.29 is 22.7 Å². The molecule has 0 aliphatic heterocycles. The number of halogens is 1. The molecule has 0 saturated heterocycles. The lowest BCUT2D eigenvalue weighted by molar-refractivity contribution is 0.0951. The van der Waals surface area contributed by atoms with E-state index in [0.29, 0.717) is 6.42 Å². The first kappa shape index (κ1) is 17.3. The highest BCUT2D eigenvalue weighted by Crippen LogP contribution is 2.16. The highest BCUT2D eigenvalue weighted by Gasteiger charge is 2.20. The van der Waals surface area contributed by atoms with Gasteiger partial charge in [-0.2, -0.15) is 0 Å². The van der Waals surface area contributed by atoms with Gasteiger partial charge >= 0.3 is 0 Å². The van der Waals surface area contributed by atoms with E-state index in [9.17, 15) is 17.6 Å². The zero-order valence-corrected chi connectivity index (χ0v) is 12.1. The highest BCUT2D eigenvalue weighted by atomic mass is 32.2. The summed E-state index contributed by atoms with van der Waals surface area (Å²) < 4.78 is 39.6. The molecule has 0 saturated carbocycles. The molecular formula is C13H17FN2O4S. The SMILES string of the molecule is C=CCNS(=O)(=O)c1cc(C(=O)NCCCO)ccc1F. The fourth-order valence-electron chi connectivity index (χ4n) is 1.48. The number of aliphatic hydroxyl groups excluding tert-OH is 1. The van der Waals surface area contributed by atoms with Crippen molar-refractivity contribution in [1.29, 1.82) is 0 Å². The Bertz CT molecular complexity index is 617. The van der Waals surface area contributed by atoms with Gasteiger partial charge in [-0.25, -0.2) is 17.5 Å². The monoisotopic (exact) mass is 316 g/mol. The van der Waals surface area contributed by atoms with Crippen LogP contribution in [0.2, 0.25) is 0 Å².